The first-order chi connectivity index (χ1) is 21.8. The van der Waals surface area contributed by atoms with Gasteiger partial charge in [-0.2, -0.15) is 22.6 Å². The standard InChI is InChI=1S/C31H45F3N6O4S2/c1-22(41)35-24-8-13-37(14-9-24)16-17-45-29-18-23(6-7-27(29)31(32,33)34)30-26-21-39(46(2,43)44)15-10-28(26)40(36-30)20-25(42)19-38-11-4-3-5-12-38/h6-7,18,24-25,42H,3-5,8-17,19-21H2,1-2H3,(H,35,41)/t25-/m1/s1. The van der Waals surface area contributed by atoms with Crippen molar-refractivity contribution in [3.05, 3.63) is 35.0 Å². The first-order valence-corrected chi connectivity index (χ1v) is 18.9. The molecule has 2 saturated heterocycles. The number of rotatable bonds is 11. The minimum absolute atomic E-state index is 0.0580. The van der Waals surface area contributed by atoms with E-state index < -0.39 is 27.9 Å². The van der Waals surface area contributed by atoms with Crippen LogP contribution in [0.5, 0.6) is 0 Å². The number of nitrogens with one attached hydrogen (secondary N) is 1. The Morgan fingerprint density at radius 1 is 1.09 bits per heavy atom. The Hall–Kier alpha value is -2.17. The molecule has 4 heterocycles. The van der Waals surface area contributed by atoms with E-state index in [0.29, 0.717) is 42.1 Å². The number of aromatic nitrogens is 2. The van der Waals surface area contributed by atoms with Crippen LogP contribution < -0.4 is 5.32 Å². The predicted molar refractivity (Wildman–Crippen MR) is 172 cm³/mol. The number of alkyl halides is 3. The van der Waals surface area contributed by atoms with Crippen LogP contribution in [0.1, 0.15) is 55.8 Å². The fraction of sp³-hybridized carbons (Fsp3) is 0.677. The molecule has 0 saturated carbocycles. The molecule has 0 radical (unpaired) electrons. The van der Waals surface area contributed by atoms with Crippen LogP contribution in [0, 0.1) is 0 Å². The summed E-state index contributed by atoms with van der Waals surface area (Å²) in [4.78, 5) is 15.9. The molecule has 1 amide bonds. The van der Waals surface area contributed by atoms with Crippen LogP contribution in [0.15, 0.2) is 23.1 Å². The van der Waals surface area contributed by atoms with Crippen molar-refractivity contribution in [2.45, 2.75) is 81.8 Å². The third-order valence-electron chi connectivity index (χ3n) is 9.09. The molecule has 0 bridgehead atoms. The number of thioether (sulfide) groups is 1. The van der Waals surface area contributed by atoms with E-state index in [4.69, 9.17) is 5.10 Å². The summed E-state index contributed by atoms with van der Waals surface area (Å²) in [6.07, 6.45) is 1.31. The van der Waals surface area contributed by atoms with E-state index in [0.717, 1.165) is 81.6 Å². The number of amides is 1. The minimum Gasteiger partial charge on any atom is -0.390 e. The molecule has 1 atom stereocenters. The van der Waals surface area contributed by atoms with Gasteiger partial charge in [-0.1, -0.05) is 12.5 Å². The van der Waals surface area contributed by atoms with Gasteiger partial charge in [0.15, 0.2) is 0 Å². The maximum Gasteiger partial charge on any atom is 0.417 e. The fourth-order valence-corrected chi connectivity index (χ4v) is 8.63. The average Bonchev–Trinajstić information content (AvgIpc) is 3.34. The van der Waals surface area contributed by atoms with Crippen molar-refractivity contribution in [1.29, 1.82) is 0 Å². The van der Waals surface area contributed by atoms with E-state index in [1.54, 1.807) is 4.68 Å². The van der Waals surface area contributed by atoms with Gasteiger partial charge in [0.2, 0.25) is 15.9 Å². The van der Waals surface area contributed by atoms with Gasteiger partial charge in [-0.15, -0.1) is 11.8 Å². The number of sulfonamides is 1. The smallest absolute Gasteiger partial charge is 0.390 e. The van der Waals surface area contributed by atoms with Gasteiger partial charge in [0, 0.05) is 86.1 Å². The SMILES string of the molecule is CC(=O)NC1CCN(CCSc2cc(-c3nn(C[C@H](O)CN4CCCCC4)c4c3CN(S(C)(=O)=O)CC4)ccc2C(F)(F)F)CC1. The number of likely N-dealkylation sites (tertiary alicyclic amines) is 2. The largest absolute Gasteiger partial charge is 0.417 e. The lowest BCUT2D eigenvalue weighted by atomic mass is 10.0. The van der Waals surface area contributed by atoms with Gasteiger partial charge in [0.05, 0.1) is 30.2 Å². The number of benzene rings is 1. The Morgan fingerprint density at radius 3 is 2.46 bits per heavy atom. The quantitative estimate of drug-likeness (QED) is 0.347. The molecule has 1 aromatic carbocycles. The summed E-state index contributed by atoms with van der Waals surface area (Å²) in [6, 6.07) is 4.15. The Balaban J connectivity index is 1.37. The average molecular weight is 687 g/mol. The molecule has 15 heteroatoms. The van der Waals surface area contributed by atoms with Crippen molar-refractivity contribution < 1.29 is 31.5 Å². The van der Waals surface area contributed by atoms with Crippen molar-refractivity contribution >= 4 is 27.7 Å². The van der Waals surface area contributed by atoms with Gasteiger partial charge in [-0.05, 0) is 50.9 Å². The molecular weight excluding hydrogens is 642 g/mol. The van der Waals surface area contributed by atoms with Crippen LogP contribution in [0.4, 0.5) is 13.2 Å². The van der Waals surface area contributed by atoms with Crippen molar-refractivity contribution in [2.24, 2.45) is 0 Å². The third-order valence-corrected chi connectivity index (χ3v) is 11.4. The third kappa shape index (κ3) is 9.04. The van der Waals surface area contributed by atoms with Crippen LogP contribution in [-0.4, -0.2) is 113 Å². The molecule has 0 aliphatic carbocycles. The summed E-state index contributed by atoms with van der Waals surface area (Å²) in [6.45, 7) is 6.58. The Kier molecular flexibility index (Phi) is 11.4. The van der Waals surface area contributed by atoms with Gasteiger partial charge in [0.1, 0.15) is 0 Å². The summed E-state index contributed by atoms with van der Waals surface area (Å²) in [7, 11) is -3.51. The number of piperidine rings is 2. The Bertz CT molecular complexity index is 1470. The second kappa shape index (κ2) is 14.9. The molecule has 0 unspecified atom stereocenters. The molecule has 10 nitrogen and oxygen atoms in total. The lowest BCUT2D eigenvalue weighted by molar-refractivity contribution is -0.139. The fourth-order valence-electron chi connectivity index (χ4n) is 6.73. The first kappa shape index (κ1) is 35.1. The molecule has 2 fully saturated rings. The highest BCUT2D eigenvalue weighted by Crippen LogP contribution is 2.40. The highest BCUT2D eigenvalue weighted by molar-refractivity contribution is 7.99. The van der Waals surface area contributed by atoms with Crippen LogP contribution in [0.25, 0.3) is 11.3 Å². The van der Waals surface area contributed by atoms with Gasteiger partial charge in [-0.25, -0.2) is 8.42 Å². The summed E-state index contributed by atoms with van der Waals surface area (Å²) >= 11 is 1.15. The normalized spacial score (nSPS) is 20.0. The second-order valence-corrected chi connectivity index (χ2v) is 15.8. The van der Waals surface area contributed by atoms with E-state index in [1.165, 1.54) is 29.8 Å². The molecule has 5 rings (SSSR count). The van der Waals surface area contributed by atoms with Crippen LogP contribution in [0.3, 0.4) is 0 Å². The monoisotopic (exact) mass is 686 g/mol. The molecule has 2 aromatic rings. The molecule has 256 valence electrons. The van der Waals surface area contributed by atoms with E-state index in [2.05, 4.69) is 15.1 Å². The number of nitrogens with zero attached hydrogens (tertiary/aromatic N) is 5. The zero-order valence-electron chi connectivity index (χ0n) is 26.6. The van der Waals surface area contributed by atoms with Gasteiger partial charge >= 0.3 is 6.18 Å². The highest BCUT2D eigenvalue weighted by atomic mass is 32.2. The minimum atomic E-state index is -4.54. The number of carbonyl (C=O) groups excluding carboxylic acids is 1. The van der Waals surface area contributed by atoms with E-state index in [-0.39, 0.29) is 36.5 Å². The zero-order chi connectivity index (χ0) is 33.1. The van der Waals surface area contributed by atoms with E-state index in [9.17, 15) is 31.5 Å². The Labute approximate surface area is 273 Å². The summed E-state index contributed by atoms with van der Waals surface area (Å²) in [5, 5.41) is 18.7. The predicted octanol–water partition coefficient (Wildman–Crippen LogP) is 3.43. The zero-order valence-corrected chi connectivity index (χ0v) is 28.2. The highest BCUT2D eigenvalue weighted by Gasteiger charge is 2.35. The number of hydrogen-bond acceptors (Lipinski definition) is 8. The topological polar surface area (TPSA) is 111 Å². The number of fused-ring (bicyclic) bond motifs is 1. The van der Waals surface area contributed by atoms with Gasteiger partial charge in [-0.3, -0.25) is 9.48 Å². The maximum absolute atomic E-state index is 14.1. The summed E-state index contributed by atoms with van der Waals surface area (Å²) in [5.74, 6) is 0.395. The first-order valence-electron chi connectivity index (χ1n) is 16.1. The Morgan fingerprint density at radius 2 is 1.80 bits per heavy atom. The van der Waals surface area contributed by atoms with Gasteiger partial charge in [0.25, 0.3) is 0 Å². The molecular formula is C31H45F3N6O4S2. The number of hydrogen-bond donors (Lipinski definition) is 2. The van der Waals surface area contributed by atoms with Gasteiger partial charge < -0.3 is 20.2 Å². The lowest BCUT2D eigenvalue weighted by Crippen LogP contribution is -2.44. The van der Waals surface area contributed by atoms with Crippen LogP contribution in [0.2, 0.25) is 0 Å². The van der Waals surface area contributed by atoms with Crippen molar-refractivity contribution in [3.63, 3.8) is 0 Å². The van der Waals surface area contributed by atoms with Crippen LogP contribution >= 0.6 is 11.8 Å². The van der Waals surface area contributed by atoms with E-state index in [1.807, 2.05) is 0 Å². The van der Waals surface area contributed by atoms with Crippen LogP contribution in [-0.2, 0) is 40.5 Å². The summed E-state index contributed by atoms with van der Waals surface area (Å²) in [5.41, 5.74) is 1.70. The number of aliphatic hydroxyl groups is 1. The summed E-state index contributed by atoms with van der Waals surface area (Å²) < 4.78 is 70.4. The molecule has 3 aliphatic rings. The number of aliphatic hydroxyl groups excluding tert-OH is 1. The number of β-amino-alcohol motifs (C(OH)–C–C–N with tert-alkyl or cyclic N) is 1. The number of carbonyl (C=O) groups is 1. The molecule has 3 aliphatic heterocycles. The molecule has 46 heavy (non-hydrogen) atoms. The molecule has 0 spiro atoms. The second-order valence-electron chi connectivity index (χ2n) is 12.7. The van der Waals surface area contributed by atoms with Crippen molar-refractivity contribution in [3.8, 4) is 11.3 Å². The van der Waals surface area contributed by atoms with Crippen molar-refractivity contribution in [1.82, 2.24) is 29.2 Å². The van der Waals surface area contributed by atoms with Crippen molar-refractivity contribution in [2.75, 3.05) is 57.8 Å². The molecule has 2 N–H and O–H groups in total. The lowest BCUT2D eigenvalue weighted by Gasteiger charge is -2.32. The van der Waals surface area contributed by atoms with E-state index >= 15 is 0 Å². The molecule has 1 aromatic heterocycles. The number of halogens is 3. The maximum atomic E-state index is 14.1.